The molecule has 86 valence electrons. The standard InChI is InChI=1S/C15H17BO/c1-11-7-3-5-9-13(11)15(17-16)14-10-6-4-8-12(14)2/h3-10,15H,16H2,1-2H3. The molecule has 0 aromatic heterocycles. The van der Waals surface area contributed by atoms with E-state index in [0.29, 0.717) is 0 Å². The van der Waals surface area contributed by atoms with Crippen molar-refractivity contribution in [2.45, 2.75) is 20.0 Å². The summed E-state index contributed by atoms with van der Waals surface area (Å²) in [6.07, 6.45) is 0.0254. The average molecular weight is 224 g/mol. The highest BCUT2D eigenvalue weighted by Gasteiger charge is 2.15. The van der Waals surface area contributed by atoms with Gasteiger partial charge in [0.1, 0.15) is 0 Å². The second-order valence-electron chi connectivity index (χ2n) is 4.33. The highest BCUT2D eigenvalue weighted by molar-refractivity contribution is 5.98. The fourth-order valence-corrected chi connectivity index (χ4v) is 2.18. The highest BCUT2D eigenvalue weighted by Crippen LogP contribution is 2.29. The lowest BCUT2D eigenvalue weighted by Gasteiger charge is -2.20. The Morgan fingerprint density at radius 3 is 1.59 bits per heavy atom. The van der Waals surface area contributed by atoms with Gasteiger partial charge in [-0.15, -0.1) is 0 Å². The Labute approximate surface area is 104 Å². The molecule has 0 saturated carbocycles. The summed E-state index contributed by atoms with van der Waals surface area (Å²) < 4.78 is 5.68. The SMILES string of the molecule is BOC(c1ccccc1C)c1ccccc1C. The Kier molecular flexibility index (Phi) is 3.65. The van der Waals surface area contributed by atoms with Gasteiger partial charge >= 0.3 is 0 Å². The lowest BCUT2D eigenvalue weighted by Crippen LogP contribution is -2.07. The third-order valence-electron chi connectivity index (χ3n) is 3.18. The minimum Gasteiger partial charge on any atom is -0.434 e. The Balaban J connectivity index is 2.48. The molecule has 0 atom stereocenters. The van der Waals surface area contributed by atoms with E-state index >= 15 is 0 Å². The van der Waals surface area contributed by atoms with E-state index in [4.69, 9.17) is 4.65 Å². The molecule has 0 aliphatic carbocycles. The van der Waals surface area contributed by atoms with E-state index in [1.54, 1.807) is 8.05 Å². The quantitative estimate of drug-likeness (QED) is 0.728. The molecule has 17 heavy (non-hydrogen) atoms. The second-order valence-corrected chi connectivity index (χ2v) is 4.33. The predicted molar refractivity (Wildman–Crippen MR) is 73.8 cm³/mol. The van der Waals surface area contributed by atoms with Crippen molar-refractivity contribution in [3.63, 3.8) is 0 Å². The van der Waals surface area contributed by atoms with Gasteiger partial charge in [-0.1, -0.05) is 48.5 Å². The van der Waals surface area contributed by atoms with Gasteiger partial charge in [0.15, 0.2) is 0 Å². The first-order valence-electron chi connectivity index (χ1n) is 5.88. The maximum Gasteiger partial charge on any atom is 0.258 e. The summed E-state index contributed by atoms with van der Waals surface area (Å²) in [6.45, 7) is 4.25. The molecule has 0 amide bonds. The summed E-state index contributed by atoms with van der Waals surface area (Å²) in [5, 5.41) is 0. The van der Waals surface area contributed by atoms with Gasteiger partial charge in [0, 0.05) is 0 Å². The molecule has 2 aromatic carbocycles. The number of rotatable bonds is 3. The number of benzene rings is 2. The normalized spacial score (nSPS) is 10.8. The van der Waals surface area contributed by atoms with E-state index in [-0.39, 0.29) is 6.10 Å². The topological polar surface area (TPSA) is 9.23 Å². The van der Waals surface area contributed by atoms with Crippen LogP contribution in [0.4, 0.5) is 0 Å². The van der Waals surface area contributed by atoms with E-state index in [9.17, 15) is 0 Å². The lowest BCUT2D eigenvalue weighted by molar-refractivity contribution is 0.271. The smallest absolute Gasteiger partial charge is 0.258 e. The first-order valence-corrected chi connectivity index (χ1v) is 5.88. The molecule has 2 rings (SSSR count). The fraction of sp³-hybridized carbons (Fsp3) is 0.200. The molecule has 0 spiro atoms. The average Bonchev–Trinajstić information content (AvgIpc) is 2.34. The minimum absolute atomic E-state index is 0.0254. The van der Waals surface area contributed by atoms with Crippen molar-refractivity contribution in [2.24, 2.45) is 0 Å². The zero-order valence-corrected chi connectivity index (χ0v) is 10.6. The largest absolute Gasteiger partial charge is 0.434 e. The van der Waals surface area contributed by atoms with Crippen LogP contribution in [0.15, 0.2) is 48.5 Å². The van der Waals surface area contributed by atoms with Crippen molar-refractivity contribution >= 4 is 8.05 Å². The summed E-state index contributed by atoms with van der Waals surface area (Å²) in [7, 11) is 1.77. The van der Waals surface area contributed by atoms with Gasteiger partial charge in [-0.05, 0) is 36.1 Å². The minimum atomic E-state index is 0.0254. The van der Waals surface area contributed by atoms with Crippen molar-refractivity contribution in [2.75, 3.05) is 0 Å². The molecular formula is C15H17BO. The monoisotopic (exact) mass is 224 g/mol. The van der Waals surface area contributed by atoms with Gasteiger partial charge in [0.05, 0.1) is 6.10 Å². The molecule has 2 aromatic rings. The van der Waals surface area contributed by atoms with Gasteiger partial charge < -0.3 is 4.65 Å². The van der Waals surface area contributed by atoms with Crippen molar-refractivity contribution < 1.29 is 4.65 Å². The van der Waals surface area contributed by atoms with Crippen LogP contribution < -0.4 is 0 Å². The van der Waals surface area contributed by atoms with Crippen LogP contribution in [0.1, 0.15) is 28.4 Å². The Bertz CT molecular complexity index is 462. The summed E-state index contributed by atoms with van der Waals surface area (Å²) in [5.41, 5.74) is 5.01. The molecule has 0 bridgehead atoms. The highest BCUT2D eigenvalue weighted by atomic mass is 16.4. The fourth-order valence-electron chi connectivity index (χ4n) is 2.18. The predicted octanol–water partition coefficient (Wildman–Crippen LogP) is 2.96. The third-order valence-corrected chi connectivity index (χ3v) is 3.18. The van der Waals surface area contributed by atoms with Gasteiger partial charge in [0.25, 0.3) is 8.05 Å². The van der Waals surface area contributed by atoms with Gasteiger partial charge in [0.2, 0.25) is 0 Å². The maximum absolute atomic E-state index is 5.68. The van der Waals surface area contributed by atoms with Crippen molar-refractivity contribution in [1.29, 1.82) is 0 Å². The molecule has 0 saturated heterocycles. The van der Waals surface area contributed by atoms with Crippen LogP contribution in [0.3, 0.4) is 0 Å². The van der Waals surface area contributed by atoms with Crippen molar-refractivity contribution in [3.05, 3.63) is 70.8 Å². The third kappa shape index (κ3) is 2.42. The number of hydrogen-bond donors (Lipinski definition) is 0. The zero-order valence-electron chi connectivity index (χ0n) is 10.6. The number of hydrogen-bond acceptors (Lipinski definition) is 1. The molecule has 0 radical (unpaired) electrons. The zero-order chi connectivity index (χ0) is 12.3. The summed E-state index contributed by atoms with van der Waals surface area (Å²) in [5.74, 6) is 0. The van der Waals surface area contributed by atoms with Crippen molar-refractivity contribution in [1.82, 2.24) is 0 Å². The van der Waals surface area contributed by atoms with E-state index < -0.39 is 0 Å². The van der Waals surface area contributed by atoms with Gasteiger partial charge in [-0.25, -0.2) is 0 Å². The molecular weight excluding hydrogens is 207 g/mol. The molecule has 1 nitrogen and oxygen atoms in total. The lowest BCUT2D eigenvalue weighted by atomic mass is 9.94. The maximum atomic E-state index is 5.68. The molecule has 0 unspecified atom stereocenters. The van der Waals surface area contributed by atoms with Crippen LogP contribution in [-0.2, 0) is 4.65 Å². The van der Waals surface area contributed by atoms with Crippen LogP contribution in [0.25, 0.3) is 0 Å². The van der Waals surface area contributed by atoms with Crippen molar-refractivity contribution in [3.8, 4) is 0 Å². The van der Waals surface area contributed by atoms with E-state index in [1.807, 2.05) is 0 Å². The Hall–Kier alpha value is -1.54. The first-order chi connectivity index (χ1) is 8.24. The second kappa shape index (κ2) is 5.20. The summed E-state index contributed by atoms with van der Waals surface area (Å²) >= 11 is 0. The summed E-state index contributed by atoms with van der Waals surface area (Å²) in [6, 6.07) is 16.8. The summed E-state index contributed by atoms with van der Waals surface area (Å²) in [4.78, 5) is 0. The van der Waals surface area contributed by atoms with Crippen LogP contribution in [-0.4, -0.2) is 8.05 Å². The first kappa shape index (κ1) is 11.9. The molecule has 0 fully saturated rings. The van der Waals surface area contributed by atoms with Crippen LogP contribution >= 0.6 is 0 Å². The van der Waals surface area contributed by atoms with Crippen LogP contribution in [0.2, 0.25) is 0 Å². The molecule has 2 heteroatoms. The molecule has 0 aliphatic rings. The van der Waals surface area contributed by atoms with Crippen LogP contribution in [0.5, 0.6) is 0 Å². The Morgan fingerprint density at radius 1 is 0.824 bits per heavy atom. The molecule has 0 N–H and O–H groups in total. The Morgan fingerprint density at radius 2 is 1.24 bits per heavy atom. The van der Waals surface area contributed by atoms with E-state index in [1.165, 1.54) is 22.3 Å². The van der Waals surface area contributed by atoms with Crippen LogP contribution in [0, 0.1) is 13.8 Å². The van der Waals surface area contributed by atoms with E-state index in [0.717, 1.165) is 0 Å². The molecule has 0 heterocycles. The number of aryl methyl sites for hydroxylation is 2. The van der Waals surface area contributed by atoms with E-state index in [2.05, 4.69) is 62.4 Å². The van der Waals surface area contributed by atoms with Gasteiger partial charge in [-0.2, -0.15) is 0 Å². The van der Waals surface area contributed by atoms with Gasteiger partial charge in [-0.3, -0.25) is 0 Å². The molecule has 0 aliphatic heterocycles.